The van der Waals surface area contributed by atoms with E-state index in [0.29, 0.717) is 23.7 Å². The number of Topliss-reactive ketones (excluding diaryl/α,β-unsaturated/α-hetero) is 1. The van der Waals surface area contributed by atoms with Crippen LogP contribution >= 0.6 is 0 Å². The van der Waals surface area contributed by atoms with Gasteiger partial charge < -0.3 is 20.6 Å². The van der Waals surface area contributed by atoms with Gasteiger partial charge in [0.15, 0.2) is 5.78 Å². The molecule has 1 atom stereocenters. The Balaban J connectivity index is 1.37. The first kappa shape index (κ1) is 24.9. The van der Waals surface area contributed by atoms with E-state index in [0.717, 1.165) is 38.8 Å². The number of amides is 2. The second-order valence-corrected chi connectivity index (χ2v) is 9.33. The highest BCUT2D eigenvalue weighted by Gasteiger charge is 2.27. The van der Waals surface area contributed by atoms with E-state index in [9.17, 15) is 19.1 Å². The van der Waals surface area contributed by atoms with Crippen molar-refractivity contribution in [3.05, 3.63) is 65.5 Å². The molecule has 3 N–H and O–H groups in total. The number of aliphatic hydroxyl groups is 1. The molecule has 1 unspecified atom stereocenters. The highest BCUT2D eigenvalue weighted by Crippen LogP contribution is 2.23. The molecule has 1 aliphatic heterocycles. The second kappa shape index (κ2) is 11.4. The molecule has 3 rings (SSSR count). The summed E-state index contributed by atoms with van der Waals surface area (Å²) in [5, 5.41) is 16.2. The van der Waals surface area contributed by atoms with Crippen molar-refractivity contribution in [1.82, 2.24) is 10.2 Å². The van der Waals surface area contributed by atoms with E-state index in [2.05, 4.69) is 15.5 Å². The number of hydrogen-bond acceptors (Lipinski definition) is 4. The quantitative estimate of drug-likeness (QED) is 0.494. The Morgan fingerprint density at radius 3 is 2.52 bits per heavy atom. The molecule has 7 heteroatoms. The third-order valence-electron chi connectivity index (χ3n) is 6.18. The summed E-state index contributed by atoms with van der Waals surface area (Å²) >= 11 is 0. The van der Waals surface area contributed by atoms with E-state index in [4.69, 9.17) is 0 Å². The first-order valence-corrected chi connectivity index (χ1v) is 11.6. The molecule has 0 saturated carbocycles. The highest BCUT2D eigenvalue weighted by molar-refractivity contribution is 5.96. The molecule has 2 aromatic rings. The number of β-amino-alcohol motifs (C(OH)–C–C–N with tert-alkyl or cyclic N) is 1. The molecule has 178 valence electrons. The molecule has 0 spiro atoms. The van der Waals surface area contributed by atoms with Crippen LogP contribution < -0.4 is 10.6 Å². The first-order valence-electron chi connectivity index (χ1n) is 11.6. The Morgan fingerprint density at radius 1 is 1.15 bits per heavy atom. The summed E-state index contributed by atoms with van der Waals surface area (Å²) in [5.41, 5.74) is 1.17. The fraction of sp³-hybridized carbons (Fsp3) is 0.462. The van der Waals surface area contributed by atoms with Crippen LogP contribution in [0.15, 0.2) is 48.5 Å². The van der Waals surface area contributed by atoms with Crippen LogP contribution in [0, 0.1) is 11.7 Å². The third-order valence-corrected chi connectivity index (χ3v) is 6.18. The van der Waals surface area contributed by atoms with Gasteiger partial charge in [-0.3, -0.25) is 4.79 Å². The minimum absolute atomic E-state index is 0.0683. The van der Waals surface area contributed by atoms with Crippen LogP contribution in [0.1, 0.15) is 49.0 Å². The number of aryl methyl sites for hydroxylation is 1. The first-order chi connectivity index (χ1) is 15.7. The predicted octanol–water partition coefficient (Wildman–Crippen LogP) is 4.25. The fourth-order valence-corrected chi connectivity index (χ4v) is 4.25. The minimum Gasteiger partial charge on any atom is -0.387 e. The number of rotatable bonds is 9. The molecule has 0 aliphatic carbocycles. The molecular weight excluding hydrogens is 421 g/mol. The monoisotopic (exact) mass is 455 g/mol. The molecule has 0 bridgehead atoms. The number of piperidine rings is 1. The van der Waals surface area contributed by atoms with E-state index >= 15 is 0 Å². The SMILES string of the molecule is CC(=O)c1cccc(NC(=O)NCC(C)(O)CN2CCC(CCc3ccc(F)cc3)CC2)c1. The minimum atomic E-state index is -1.06. The highest BCUT2D eigenvalue weighted by atomic mass is 19.1. The fourth-order valence-electron chi connectivity index (χ4n) is 4.25. The van der Waals surface area contributed by atoms with Crippen molar-refractivity contribution in [3.63, 3.8) is 0 Å². The van der Waals surface area contributed by atoms with Gasteiger partial charge in [0.1, 0.15) is 5.82 Å². The summed E-state index contributed by atoms with van der Waals surface area (Å²) in [6.45, 7) is 5.63. The number of urea groups is 1. The number of nitrogens with one attached hydrogen (secondary N) is 2. The zero-order valence-electron chi connectivity index (χ0n) is 19.4. The third kappa shape index (κ3) is 8.26. The maximum absolute atomic E-state index is 13.0. The molecule has 1 heterocycles. The average Bonchev–Trinajstić information content (AvgIpc) is 2.78. The van der Waals surface area contributed by atoms with Gasteiger partial charge in [-0.25, -0.2) is 9.18 Å². The summed E-state index contributed by atoms with van der Waals surface area (Å²) < 4.78 is 13.0. The lowest BCUT2D eigenvalue weighted by Gasteiger charge is -2.36. The van der Waals surface area contributed by atoms with Crippen molar-refractivity contribution in [2.24, 2.45) is 5.92 Å². The smallest absolute Gasteiger partial charge is 0.319 e. The standard InChI is InChI=1S/C26H34FN3O3/c1-19(31)22-4-3-5-24(16-22)29-25(32)28-17-26(2,33)18-30-14-12-21(13-15-30)7-6-20-8-10-23(27)11-9-20/h3-5,8-11,16,21,33H,6-7,12-15,17-18H2,1-2H3,(H2,28,29,32). The van der Waals surface area contributed by atoms with Gasteiger partial charge in [-0.05, 0) is 88.4 Å². The lowest BCUT2D eigenvalue weighted by molar-refractivity contribution is 0.0118. The van der Waals surface area contributed by atoms with Crippen LogP contribution in [0.5, 0.6) is 0 Å². The zero-order chi connectivity index (χ0) is 23.8. The summed E-state index contributed by atoms with van der Waals surface area (Å²) in [5.74, 6) is 0.361. The number of halogens is 1. The van der Waals surface area contributed by atoms with Crippen LogP contribution in [0.3, 0.4) is 0 Å². The number of likely N-dealkylation sites (tertiary alicyclic amines) is 1. The Kier molecular flexibility index (Phi) is 8.58. The van der Waals surface area contributed by atoms with Gasteiger partial charge in [-0.1, -0.05) is 24.3 Å². The Hall–Kier alpha value is -2.77. The number of anilines is 1. The number of carbonyl (C=O) groups excluding carboxylic acids is 2. The molecule has 33 heavy (non-hydrogen) atoms. The lowest BCUT2D eigenvalue weighted by atomic mass is 9.90. The van der Waals surface area contributed by atoms with E-state index in [1.807, 2.05) is 12.1 Å². The van der Waals surface area contributed by atoms with Gasteiger partial charge >= 0.3 is 6.03 Å². The molecule has 2 amide bonds. The molecular formula is C26H34FN3O3. The van der Waals surface area contributed by atoms with Gasteiger partial charge in [0.25, 0.3) is 0 Å². The van der Waals surface area contributed by atoms with Crippen molar-refractivity contribution in [3.8, 4) is 0 Å². The van der Waals surface area contributed by atoms with Gasteiger partial charge in [0, 0.05) is 24.3 Å². The van der Waals surface area contributed by atoms with Crippen molar-refractivity contribution in [2.75, 3.05) is 31.5 Å². The number of hydrogen-bond donors (Lipinski definition) is 3. The summed E-state index contributed by atoms with van der Waals surface area (Å²) in [7, 11) is 0. The van der Waals surface area contributed by atoms with Crippen molar-refractivity contribution >= 4 is 17.5 Å². The number of nitrogens with zero attached hydrogens (tertiary/aromatic N) is 1. The average molecular weight is 456 g/mol. The van der Waals surface area contributed by atoms with Crippen molar-refractivity contribution in [1.29, 1.82) is 0 Å². The van der Waals surface area contributed by atoms with Crippen molar-refractivity contribution in [2.45, 2.75) is 45.1 Å². The molecule has 1 saturated heterocycles. The van der Waals surface area contributed by atoms with Gasteiger partial charge in [-0.2, -0.15) is 0 Å². The lowest BCUT2D eigenvalue weighted by Crippen LogP contribution is -2.51. The second-order valence-electron chi connectivity index (χ2n) is 9.33. The van der Waals surface area contributed by atoms with Crippen LogP contribution in [0.25, 0.3) is 0 Å². The van der Waals surface area contributed by atoms with E-state index in [-0.39, 0.29) is 18.1 Å². The summed E-state index contributed by atoms with van der Waals surface area (Å²) in [4.78, 5) is 26.0. The largest absolute Gasteiger partial charge is 0.387 e. The van der Waals surface area contributed by atoms with Crippen LogP contribution in [0.4, 0.5) is 14.9 Å². The molecule has 1 aliphatic rings. The summed E-state index contributed by atoms with van der Waals surface area (Å²) in [6.07, 6.45) is 4.18. The van der Waals surface area contributed by atoms with E-state index in [1.165, 1.54) is 24.6 Å². The molecule has 2 aromatic carbocycles. The van der Waals surface area contributed by atoms with Gasteiger partial charge in [0.2, 0.25) is 0 Å². The van der Waals surface area contributed by atoms with E-state index in [1.54, 1.807) is 31.2 Å². The molecule has 0 radical (unpaired) electrons. The normalized spacial score (nSPS) is 16.7. The van der Waals surface area contributed by atoms with Crippen LogP contribution in [0.2, 0.25) is 0 Å². The predicted molar refractivity (Wildman–Crippen MR) is 128 cm³/mol. The van der Waals surface area contributed by atoms with Gasteiger partial charge in [-0.15, -0.1) is 0 Å². The van der Waals surface area contributed by atoms with E-state index < -0.39 is 11.6 Å². The number of ketones is 1. The zero-order valence-corrected chi connectivity index (χ0v) is 19.4. The Labute approximate surface area is 195 Å². The molecule has 0 aromatic heterocycles. The van der Waals surface area contributed by atoms with Crippen LogP contribution in [-0.4, -0.2) is 53.6 Å². The summed E-state index contributed by atoms with van der Waals surface area (Å²) in [6, 6.07) is 13.1. The maximum Gasteiger partial charge on any atom is 0.319 e. The van der Waals surface area contributed by atoms with Crippen LogP contribution in [-0.2, 0) is 6.42 Å². The van der Waals surface area contributed by atoms with Gasteiger partial charge in [0.05, 0.1) is 5.60 Å². The topological polar surface area (TPSA) is 81.7 Å². The number of carbonyl (C=O) groups is 2. The Bertz CT molecular complexity index is 938. The number of benzene rings is 2. The van der Waals surface area contributed by atoms with Crippen molar-refractivity contribution < 1.29 is 19.1 Å². The molecule has 6 nitrogen and oxygen atoms in total. The maximum atomic E-state index is 13.0. The molecule has 1 fully saturated rings. The Morgan fingerprint density at radius 2 is 1.85 bits per heavy atom.